The molecule has 2 aliphatic heterocycles. The molecule has 2 heterocycles. The van der Waals surface area contributed by atoms with Crippen LogP contribution in [0.5, 0.6) is 0 Å². The summed E-state index contributed by atoms with van der Waals surface area (Å²) in [5.74, 6) is 0. The van der Waals surface area contributed by atoms with Gasteiger partial charge in [-0.2, -0.15) is 0 Å². The summed E-state index contributed by atoms with van der Waals surface area (Å²) in [4.78, 5) is 14.2. The van der Waals surface area contributed by atoms with Crippen LogP contribution in [0.2, 0.25) is 0 Å². The Bertz CT molecular complexity index is 748. The molecule has 1 aromatic rings. The molecule has 25 heavy (non-hydrogen) atoms. The molecular weight excluding hydrogens is 383 g/mol. The summed E-state index contributed by atoms with van der Waals surface area (Å²) in [5, 5.41) is 3.66. The molecule has 0 bridgehead atoms. The van der Waals surface area contributed by atoms with Gasteiger partial charge in [-0.25, -0.2) is 0 Å². The SMILES string of the molecule is CC(C)(C)OC(=O)N1CCC(Nc2cccc3c2N=[Se]=N3)C(C)(C)C1. The van der Waals surface area contributed by atoms with Crippen LogP contribution in [-0.2, 0) is 4.74 Å². The van der Waals surface area contributed by atoms with Crippen molar-refractivity contribution in [3.05, 3.63) is 18.2 Å². The second kappa shape index (κ2) is 6.61. The van der Waals surface area contributed by atoms with E-state index in [1.54, 1.807) is 0 Å². The molecule has 0 aliphatic carbocycles. The van der Waals surface area contributed by atoms with Gasteiger partial charge in [0.25, 0.3) is 0 Å². The Morgan fingerprint density at radius 2 is 2.12 bits per heavy atom. The molecule has 0 spiro atoms. The first-order chi connectivity index (χ1) is 11.7. The minimum atomic E-state index is -0.465. The third kappa shape index (κ3) is 4.15. The molecule has 0 saturated carbocycles. The number of benzene rings is 1. The molecule has 1 aromatic carbocycles. The molecule has 1 fully saturated rings. The Morgan fingerprint density at radius 1 is 1.36 bits per heavy atom. The van der Waals surface area contributed by atoms with Gasteiger partial charge < -0.3 is 0 Å². The number of likely N-dealkylation sites (tertiary alicyclic amines) is 1. The van der Waals surface area contributed by atoms with E-state index in [0.29, 0.717) is 13.1 Å². The second-order valence-electron chi connectivity index (χ2n) is 8.31. The quantitative estimate of drug-likeness (QED) is 0.744. The summed E-state index contributed by atoms with van der Waals surface area (Å²) >= 11 is -0.0320. The fraction of sp³-hybridized carbons (Fsp3) is 0.611. The van der Waals surface area contributed by atoms with Crippen LogP contribution >= 0.6 is 0 Å². The number of nitrogens with zero attached hydrogens (tertiary/aromatic N) is 3. The van der Waals surface area contributed by atoms with Gasteiger partial charge in [0.05, 0.1) is 0 Å². The number of carbonyl (C=O) groups is 1. The van der Waals surface area contributed by atoms with Gasteiger partial charge in [-0.3, -0.25) is 0 Å². The van der Waals surface area contributed by atoms with Crippen LogP contribution in [0.1, 0.15) is 41.0 Å². The molecular formula is C18H26N4O2Se. The van der Waals surface area contributed by atoms with E-state index in [1.165, 1.54) is 0 Å². The van der Waals surface area contributed by atoms with Crippen molar-refractivity contribution >= 4 is 37.7 Å². The van der Waals surface area contributed by atoms with E-state index in [4.69, 9.17) is 4.74 Å². The second-order valence-corrected chi connectivity index (χ2v) is 9.42. The number of piperidine rings is 1. The average Bonchev–Trinajstić information content (AvgIpc) is 2.96. The van der Waals surface area contributed by atoms with E-state index >= 15 is 0 Å². The Hall–Kier alpha value is -1.59. The Kier molecular flexibility index (Phi) is 4.82. The number of rotatable bonds is 2. The van der Waals surface area contributed by atoms with Gasteiger partial charge in [0, 0.05) is 0 Å². The van der Waals surface area contributed by atoms with Crippen LogP contribution in [-0.4, -0.2) is 50.3 Å². The number of nitrogens with one attached hydrogen (secondary N) is 1. The van der Waals surface area contributed by atoms with Crippen molar-refractivity contribution in [2.45, 2.75) is 52.7 Å². The van der Waals surface area contributed by atoms with Gasteiger partial charge in [0.1, 0.15) is 0 Å². The van der Waals surface area contributed by atoms with Gasteiger partial charge in [-0.15, -0.1) is 0 Å². The van der Waals surface area contributed by atoms with E-state index < -0.39 is 5.60 Å². The van der Waals surface area contributed by atoms with Crippen molar-refractivity contribution < 1.29 is 9.53 Å². The van der Waals surface area contributed by atoms with Crippen molar-refractivity contribution in [2.75, 3.05) is 18.4 Å². The van der Waals surface area contributed by atoms with E-state index in [1.807, 2.05) is 37.8 Å². The molecule has 136 valence electrons. The zero-order valence-corrected chi connectivity index (χ0v) is 17.2. The molecule has 1 unspecified atom stereocenters. The van der Waals surface area contributed by atoms with E-state index in [2.05, 4.69) is 33.2 Å². The van der Waals surface area contributed by atoms with Crippen molar-refractivity contribution in [3.63, 3.8) is 0 Å². The number of hydrogen-bond acceptors (Lipinski definition) is 5. The van der Waals surface area contributed by atoms with Crippen molar-refractivity contribution in [3.8, 4) is 0 Å². The summed E-state index contributed by atoms with van der Waals surface area (Å²) in [6.45, 7) is 11.4. The number of hydrogen-bond donors (Lipinski definition) is 1. The molecule has 6 nitrogen and oxygen atoms in total. The molecule has 0 radical (unpaired) electrons. The van der Waals surface area contributed by atoms with E-state index in [9.17, 15) is 4.79 Å². The topological polar surface area (TPSA) is 66.3 Å². The Labute approximate surface area is 155 Å². The molecule has 2 aliphatic rings. The fourth-order valence-corrected chi connectivity index (χ4v) is 4.37. The molecule has 1 N–H and O–H groups in total. The Morgan fingerprint density at radius 3 is 2.80 bits per heavy atom. The number of carbonyl (C=O) groups excluding carboxylic acids is 1. The molecule has 3 rings (SSSR count). The van der Waals surface area contributed by atoms with Gasteiger partial charge >= 0.3 is 155 Å². The molecule has 0 aromatic heterocycles. The van der Waals surface area contributed by atoms with Gasteiger partial charge in [-0.1, -0.05) is 0 Å². The number of anilines is 1. The van der Waals surface area contributed by atoms with Crippen LogP contribution in [0.4, 0.5) is 21.9 Å². The van der Waals surface area contributed by atoms with Gasteiger partial charge in [0.15, 0.2) is 0 Å². The predicted molar refractivity (Wildman–Crippen MR) is 100.0 cm³/mol. The molecule has 1 amide bonds. The predicted octanol–water partition coefficient (Wildman–Crippen LogP) is 4.48. The molecule has 1 saturated heterocycles. The summed E-state index contributed by atoms with van der Waals surface area (Å²) < 4.78 is 14.5. The van der Waals surface area contributed by atoms with Gasteiger partial charge in [0.2, 0.25) is 0 Å². The summed E-state index contributed by atoms with van der Waals surface area (Å²) in [6.07, 6.45) is 0.647. The van der Waals surface area contributed by atoms with Crippen molar-refractivity contribution in [2.24, 2.45) is 13.3 Å². The maximum absolute atomic E-state index is 12.4. The maximum atomic E-state index is 12.4. The first-order valence-corrected chi connectivity index (χ1v) is 10.1. The molecule has 7 heteroatoms. The summed E-state index contributed by atoms with van der Waals surface area (Å²) in [5.41, 5.74) is 2.47. The third-order valence-electron chi connectivity index (χ3n) is 4.50. The zero-order valence-electron chi connectivity index (χ0n) is 15.5. The van der Waals surface area contributed by atoms with Gasteiger partial charge in [-0.05, 0) is 0 Å². The van der Waals surface area contributed by atoms with Crippen LogP contribution in [0, 0.1) is 5.41 Å². The van der Waals surface area contributed by atoms with E-state index in [0.717, 1.165) is 23.5 Å². The minimum absolute atomic E-state index is 0.0320. The first kappa shape index (κ1) is 18.2. The van der Waals surface area contributed by atoms with Crippen LogP contribution in [0.25, 0.3) is 0 Å². The molecule has 1 atom stereocenters. The standard InChI is InChI=1S/C18H26N4O2Se/c1-17(2,3)24-16(23)22-10-9-14(18(4,5)11-22)19-12-7-6-8-13-15(12)21-25-20-13/h6-8,14,19H,9-11H2,1-5H3. The van der Waals surface area contributed by atoms with Crippen LogP contribution in [0.3, 0.4) is 0 Å². The van der Waals surface area contributed by atoms with Crippen LogP contribution < -0.4 is 5.32 Å². The van der Waals surface area contributed by atoms with Crippen molar-refractivity contribution in [1.82, 2.24) is 4.90 Å². The van der Waals surface area contributed by atoms with E-state index in [-0.39, 0.29) is 32.1 Å². The number of fused-ring (bicyclic) bond motifs is 1. The zero-order chi connectivity index (χ0) is 18.2. The first-order valence-electron chi connectivity index (χ1n) is 8.61. The van der Waals surface area contributed by atoms with Crippen LogP contribution in [0.15, 0.2) is 26.1 Å². The Balaban J connectivity index is 1.69. The number of amides is 1. The van der Waals surface area contributed by atoms with Crippen molar-refractivity contribution in [1.29, 1.82) is 0 Å². The normalized spacial score (nSPS) is 21.5. The average molecular weight is 409 g/mol. The summed E-state index contributed by atoms with van der Waals surface area (Å²) in [6, 6.07) is 6.36. The monoisotopic (exact) mass is 410 g/mol. The number of ether oxygens (including phenoxy) is 1. The summed E-state index contributed by atoms with van der Waals surface area (Å²) in [7, 11) is 0. The fourth-order valence-electron chi connectivity index (χ4n) is 3.22. The third-order valence-corrected chi connectivity index (χ3v) is 5.64.